The van der Waals surface area contributed by atoms with E-state index in [2.05, 4.69) is 4.52 Å². The zero-order valence-electron chi connectivity index (χ0n) is 16.3. The second-order valence-corrected chi connectivity index (χ2v) is 6.87. The van der Waals surface area contributed by atoms with E-state index in [4.69, 9.17) is 23.5 Å². The molecule has 2 rings (SSSR count). The van der Waals surface area contributed by atoms with Crippen molar-refractivity contribution >= 4 is 20.0 Å². The maximum atomic E-state index is 11.6. The summed E-state index contributed by atoms with van der Waals surface area (Å²) >= 11 is 0. The van der Waals surface area contributed by atoms with Crippen molar-refractivity contribution in [3.63, 3.8) is 0 Å². The molecule has 0 fully saturated rings. The van der Waals surface area contributed by atoms with Crippen LogP contribution < -0.4 is 28.4 Å². The summed E-state index contributed by atoms with van der Waals surface area (Å²) in [6.07, 6.45) is 3.58. The fourth-order valence-corrected chi connectivity index (χ4v) is 2.87. The lowest BCUT2D eigenvalue weighted by Crippen LogP contribution is -2.09. The van der Waals surface area contributed by atoms with Crippen LogP contribution in [0, 0.1) is 0 Å². The molecule has 0 aliphatic carbocycles. The Balaban J connectivity index is 2.37. The lowest BCUT2D eigenvalue weighted by Gasteiger charge is -2.22. The Labute approximate surface area is 163 Å². The first kappa shape index (κ1) is 21.6. The summed E-state index contributed by atoms with van der Waals surface area (Å²) < 4.78 is 42.0. The molecule has 0 aliphatic heterocycles. The normalized spacial score (nSPS) is 13.1. The largest absolute Gasteiger partial charge is 0.746 e. The van der Waals surface area contributed by atoms with Crippen molar-refractivity contribution < 1.29 is 37.5 Å². The van der Waals surface area contributed by atoms with Gasteiger partial charge in [-0.3, -0.25) is 4.57 Å². The second kappa shape index (κ2) is 9.50. The van der Waals surface area contributed by atoms with Crippen LogP contribution in [0.25, 0.3) is 12.2 Å². The minimum Gasteiger partial charge on any atom is -0.746 e. The first-order chi connectivity index (χ1) is 13.4. The molecule has 0 radical (unpaired) electrons. The molecule has 28 heavy (non-hydrogen) atoms. The summed E-state index contributed by atoms with van der Waals surface area (Å²) in [5.41, 5.74) is 1.47. The van der Waals surface area contributed by atoms with Crippen LogP contribution in [0.15, 0.2) is 30.3 Å². The van der Waals surface area contributed by atoms with Crippen molar-refractivity contribution in [2.75, 3.05) is 35.5 Å². The van der Waals surface area contributed by atoms with Gasteiger partial charge in [0.25, 0.3) is 0 Å². The molecule has 0 aromatic heterocycles. The maximum absolute atomic E-state index is 11.6. The number of hydrogen-bond donors (Lipinski definition) is 0. The highest BCUT2D eigenvalue weighted by Crippen LogP contribution is 2.43. The minimum atomic E-state index is -4.46. The SMILES string of the molecule is COc1ccc(/C=C\c2cc(OC)c(OC)c(OC)c2)cc1OP(=O)([O-])OC. The standard InChI is InChI=1S/C19H23O8P/c1-22-15-9-8-13(10-16(15)27-28(20,21)26-5)6-7-14-11-17(23-2)19(25-4)18(12-14)24-3/h6-12H,1-5H3,(H,20,21)/p-1/b7-6-. The average molecular weight is 409 g/mol. The van der Waals surface area contributed by atoms with Crippen LogP contribution in [0.4, 0.5) is 0 Å². The molecule has 8 nitrogen and oxygen atoms in total. The highest BCUT2D eigenvalue weighted by atomic mass is 31.2. The van der Waals surface area contributed by atoms with Gasteiger partial charge in [-0.05, 0) is 35.4 Å². The van der Waals surface area contributed by atoms with Gasteiger partial charge in [-0.1, -0.05) is 18.2 Å². The van der Waals surface area contributed by atoms with Crippen molar-refractivity contribution in [2.24, 2.45) is 0 Å². The number of hydrogen-bond acceptors (Lipinski definition) is 8. The van der Waals surface area contributed by atoms with E-state index in [1.54, 1.807) is 30.3 Å². The lowest BCUT2D eigenvalue weighted by atomic mass is 10.1. The highest BCUT2D eigenvalue weighted by molar-refractivity contribution is 7.46. The Bertz CT molecular complexity index is 868. The first-order valence-corrected chi connectivity index (χ1v) is 9.56. The van der Waals surface area contributed by atoms with Gasteiger partial charge in [-0.15, -0.1) is 0 Å². The van der Waals surface area contributed by atoms with Crippen LogP contribution in [0.3, 0.4) is 0 Å². The highest BCUT2D eigenvalue weighted by Gasteiger charge is 2.14. The van der Waals surface area contributed by atoms with Crippen LogP contribution in [-0.4, -0.2) is 35.5 Å². The Hall–Kier alpha value is -2.67. The molecular weight excluding hydrogens is 387 g/mol. The molecule has 1 atom stereocenters. The van der Waals surface area contributed by atoms with Crippen molar-refractivity contribution in [3.05, 3.63) is 41.5 Å². The summed E-state index contributed by atoms with van der Waals surface area (Å²) in [6.45, 7) is 0. The molecule has 2 aromatic carbocycles. The molecule has 0 spiro atoms. The number of benzene rings is 2. The van der Waals surface area contributed by atoms with Gasteiger partial charge >= 0.3 is 7.82 Å². The summed E-state index contributed by atoms with van der Waals surface area (Å²) in [6, 6.07) is 8.45. The van der Waals surface area contributed by atoms with E-state index < -0.39 is 7.82 Å². The molecule has 0 bridgehead atoms. The summed E-state index contributed by atoms with van der Waals surface area (Å²) in [4.78, 5) is 11.6. The third-order valence-electron chi connectivity index (χ3n) is 3.78. The summed E-state index contributed by atoms with van der Waals surface area (Å²) in [7, 11) is 2.58. The second-order valence-electron chi connectivity index (χ2n) is 5.42. The van der Waals surface area contributed by atoms with Crippen molar-refractivity contribution in [3.8, 4) is 28.7 Å². The van der Waals surface area contributed by atoms with Gasteiger partial charge in [-0.2, -0.15) is 0 Å². The van der Waals surface area contributed by atoms with Crippen LogP contribution in [-0.2, 0) is 9.09 Å². The van der Waals surface area contributed by atoms with E-state index in [9.17, 15) is 9.46 Å². The van der Waals surface area contributed by atoms with Crippen molar-refractivity contribution in [2.45, 2.75) is 0 Å². The van der Waals surface area contributed by atoms with E-state index in [-0.39, 0.29) is 11.5 Å². The van der Waals surface area contributed by atoms with Gasteiger partial charge in [-0.25, -0.2) is 0 Å². The number of rotatable bonds is 9. The molecule has 1 unspecified atom stereocenters. The minimum absolute atomic E-state index is 0.0229. The molecule has 2 aromatic rings. The van der Waals surface area contributed by atoms with Gasteiger partial charge in [0, 0.05) is 7.11 Å². The zero-order chi connectivity index (χ0) is 20.7. The van der Waals surface area contributed by atoms with E-state index in [0.29, 0.717) is 22.8 Å². The number of phosphoric acid groups is 1. The predicted molar refractivity (Wildman–Crippen MR) is 103 cm³/mol. The topological polar surface area (TPSA) is 95.5 Å². The van der Waals surface area contributed by atoms with E-state index >= 15 is 0 Å². The van der Waals surface area contributed by atoms with E-state index in [0.717, 1.165) is 12.7 Å². The van der Waals surface area contributed by atoms with Crippen molar-refractivity contribution in [1.82, 2.24) is 0 Å². The quantitative estimate of drug-likeness (QED) is 0.459. The fraction of sp³-hybridized carbons (Fsp3) is 0.263. The molecule has 0 heterocycles. The smallest absolute Gasteiger partial charge is 0.319 e. The third-order valence-corrected chi connectivity index (χ3v) is 4.64. The third kappa shape index (κ3) is 5.19. The average Bonchev–Trinajstić information content (AvgIpc) is 2.71. The lowest BCUT2D eigenvalue weighted by molar-refractivity contribution is -0.214. The number of methoxy groups -OCH3 is 4. The monoisotopic (exact) mass is 409 g/mol. The van der Waals surface area contributed by atoms with Crippen LogP contribution in [0.1, 0.15) is 11.1 Å². The Kier molecular flexibility index (Phi) is 7.34. The molecular formula is C19H22O8P-. The maximum Gasteiger partial charge on any atom is 0.319 e. The van der Waals surface area contributed by atoms with Gasteiger partial charge < -0.3 is 32.9 Å². The fourth-order valence-electron chi connectivity index (χ4n) is 2.42. The Morgan fingerprint density at radius 1 is 0.750 bits per heavy atom. The molecule has 9 heteroatoms. The van der Waals surface area contributed by atoms with Crippen LogP contribution >= 0.6 is 7.82 Å². The Morgan fingerprint density at radius 3 is 1.79 bits per heavy atom. The molecule has 0 saturated heterocycles. The summed E-state index contributed by atoms with van der Waals surface area (Å²) in [5, 5.41) is 0. The summed E-state index contributed by atoms with van der Waals surface area (Å²) in [5.74, 6) is 1.82. The number of phosphoric ester groups is 1. The van der Waals surface area contributed by atoms with Crippen LogP contribution in [0.2, 0.25) is 0 Å². The molecule has 152 valence electrons. The molecule has 0 aliphatic rings. The predicted octanol–water partition coefficient (Wildman–Crippen LogP) is 3.39. The number of ether oxygens (including phenoxy) is 4. The molecule has 0 saturated carbocycles. The molecule has 0 amide bonds. The van der Waals surface area contributed by atoms with Gasteiger partial charge in [0.2, 0.25) is 5.75 Å². The van der Waals surface area contributed by atoms with Gasteiger partial charge in [0.15, 0.2) is 23.0 Å². The Morgan fingerprint density at radius 2 is 1.29 bits per heavy atom. The van der Waals surface area contributed by atoms with Gasteiger partial charge in [0.05, 0.1) is 28.4 Å². The zero-order valence-corrected chi connectivity index (χ0v) is 17.1. The van der Waals surface area contributed by atoms with Crippen LogP contribution in [0.5, 0.6) is 28.7 Å². The van der Waals surface area contributed by atoms with E-state index in [1.807, 2.05) is 6.08 Å². The molecule has 0 N–H and O–H groups in total. The van der Waals surface area contributed by atoms with E-state index in [1.165, 1.54) is 34.5 Å². The van der Waals surface area contributed by atoms with Gasteiger partial charge in [0.1, 0.15) is 0 Å². The van der Waals surface area contributed by atoms with Crippen molar-refractivity contribution in [1.29, 1.82) is 0 Å². The first-order valence-electron chi connectivity index (χ1n) is 8.10.